The summed E-state index contributed by atoms with van der Waals surface area (Å²) in [5.41, 5.74) is 2.15. The van der Waals surface area contributed by atoms with Crippen molar-refractivity contribution in [2.45, 2.75) is 41.0 Å². The van der Waals surface area contributed by atoms with Gasteiger partial charge in [0.25, 0.3) is 0 Å². The molecule has 0 aliphatic carbocycles. The Balaban J connectivity index is 1.60. The first kappa shape index (κ1) is 27.4. The van der Waals surface area contributed by atoms with Gasteiger partial charge in [0.05, 0.1) is 17.2 Å². The van der Waals surface area contributed by atoms with Gasteiger partial charge >= 0.3 is 0 Å². The summed E-state index contributed by atoms with van der Waals surface area (Å²) in [5.74, 6) is 0.179. The van der Waals surface area contributed by atoms with Crippen LogP contribution in [-0.2, 0) is 21.2 Å². The van der Waals surface area contributed by atoms with Crippen molar-refractivity contribution in [1.82, 2.24) is 4.72 Å². The number of carbonyl (C=O) groups is 1. The molecule has 4 rings (SSSR count). The van der Waals surface area contributed by atoms with Crippen molar-refractivity contribution in [2.75, 3.05) is 11.9 Å². The molecule has 1 amide bonds. The van der Waals surface area contributed by atoms with Gasteiger partial charge in [-0.2, -0.15) is 4.72 Å². The highest BCUT2D eigenvalue weighted by Gasteiger charge is 2.27. The van der Waals surface area contributed by atoms with E-state index in [0.717, 1.165) is 15.4 Å². The van der Waals surface area contributed by atoms with E-state index < -0.39 is 22.0 Å². The molecule has 0 heterocycles. The number of sulfonamides is 1. The molecular weight excluding hydrogens is 516 g/mol. The van der Waals surface area contributed by atoms with Crippen LogP contribution in [0.4, 0.5) is 5.69 Å². The number of nitrogens with one attached hydrogen (secondary N) is 2. The third-order valence-corrected chi connectivity index (χ3v) is 8.32. The Kier molecular flexibility index (Phi) is 9.23. The van der Waals surface area contributed by atoms with Crippen molar-refractivity contribution < 1.29 is 17.9 Å². The Bertz CT molecular complexity index is 1480. The number of ether oxygens (including phenoxy) is 1. The molecule has 0 aliphatic heterocycles. The maximum absolute atomic E-state index is 13.6. The van der Waals surface area contributed by atoms with Crippen molar-refractivity contribution in [2.24, 2.45) is 0 Å². The molecule has 38 heavy (non-hydrogen) atoms. The molecule has 6 nitrogen and oxygen atoms in total. The molecule has 0 saturated heterocycles. The van der Waals surface area contributed by atoms with E-state index in [4.69, 9.17) is 4.74 Å². The maximum Gasteiger partial charge on any atom is 0.242 e. The first-order valence-electron chi connectivity index (χ1n) is 12.3. The molecular formula is C30H30N2O4S2. The van der Waals surface area contributed by atoms with E-state index in [0.29, 0.717) is 23.6 Å². The summed E-state index contributed by atoms with van der Waals surface area (Å²) in [7, 11) is -4.00. The molecule has 0 radical (unpaired) electrons. The fourth-order valence-electron chi connectivity index (χ4n) is 3.89. The minimum absolute atomic E-state index is 0.0735. The van der Waals surface area contributed by atoms with Gasteiger partial charge in [-0.05, 0) is 73.9 Å². The van der Waals surface area contributed by atoms with E-state index in [1.807, 2.05) is 91.9 Å². The molecule has 0 saturated carbocycles. The van der Waals surface area contributed by atoms with E-state index in [1.54, 1.807) is 19.1 Å². The van der Waals surface area contributed by atoms with Gasteiger partial charge in [0.2, 0.25) is 15.9 Å². The highest BCUT2D eigenvalue weighted by atomic mass is 32.2. The number of anilines is 1. The zero-order chi connectivity index (χ0) is 27.0. The Morgan fingerprint density at radius 3 is 2.24 bits per heavy atom. The SMILES string of the molecule is CCOc1ccc(S(=O)(=O)N[C@@H](Cc2ccccc2)C(=O)Nc2ccccc2Sc2ccccc2)cc1C. The van der Waals surface area contributed by atoms with Gasteiger partial charge in [0.15, 0.2) is 0 Å². The van der Waals surface area contributed by atoms with Crippen LogP contribution in [0.3, 0.4) is 0 Å². The van der Waals surface area contributed by atoms with Crippen LogP contribution in [0.5, 0.6) is 5.75 Å². The van der Waals surface area contributed by atoms with Gasteiger partial charge in [0.1, 0.15) is 11.8 Å². The van der Waals surface area contributed by atoms with Crippen LogP contribution < -0.4 is 14.8 Å². The highest BCUT2D eigenvalue weighted by Crippen LogP contribution is 2.33. The Morgan fingerprint density at radius 2 is 1.55 bits per heavy atom. The monoisotopic (exact) mass is 546 g/mol. The normalized spacial score (nSPS) is 12.1. The summed E-state index contributed by atoms with van der Waals surface area (Å²) in [6, 6.07) is 30.3. The molecule has 2 N–H and O–H groups in total. The quantitative estimate of drug-likeness (QED) is 0.238. The molecule has 0 aromatic heterocycles. The molecule has 0 bridgehead atoms. The van der Waals surface area contributed by atoms with Crippen LogP contribution in [0, 0.1) is 6.92 Å². The number of benzene rings is 4. The van der Waals surface area contributed by atoms with Gasteiger partial charge in [0, 0.05) is 9.79 Å². The third-order valence-electron chi connectivity index (χ3n) is 5.77. The van der Waals surface area contributed by atoms with Gasteiger partial charge in [-0.25, -0.2) is 8.42 Å². The van der Waals surface area contributed by atoms with E-state index in [1.165, 1.54) is 17.8 Å². The third kappa shape index (κ3) is 7.25. The molecule has 1 atom stereocenters. The second-order valence-electron chi connectivity index (χ2n) is 8.62. The first-order chi connectivity index (χ1) is 18.4. The Labute approximate surface area is 228 Å². The molecule has 4 aromatic rings. The van der Waals surface area contributed by atoms with Gasteiger partial charge in [-0.3, -0.25) is 4.79 Å². The summed E-state index contributed by atoms with van der Waals surface area (Å²) in [4.78, 5) is 15.5. The van der Waals surface area contributed by atoms with E-state index in [9.17, 15) is 13.2 Å². The van der Waals surface area contributed by atoms with Crippen LogP contribution >= 0.6 is 11.8 Å². The fraction of sp³-hybridized carbons (Fsp3) is 0.167. The average molecular weight is 547 g/mol. The Morgan fingerprint density at radius 1 is 0.895 bits per heavy atom. The first-order valence-corrected chi connectivity index (χ1v) is 14.6. The molecule has 0 unspecified atom stereocenters. The van der Waals surface area contributed by atoms with Gasteiger partial charge in [-0.1, -0.05) is 72.4 Å². The number of rotatable bonds is 11. The highest BCUT2D eigenvalue weighted by molar-refractivity contribution is 7.99. The number of hydrogen-bond donors (Lipinski definition) is 2. The van der Waals surface area contributed by atoms with E-state index in [2.05, 4.69) is 10.0 Å². The molecule has 0 fully saturated rings. The zero-order valence-corrected chi connectivity index (χ0v) is 22.9. The van der Waals surface area contributed by atoms with Gasteiger partial charge < -0.3 is 10.1 Å². The van der Waals surface area contributed by atoms with Crippen molar-refractivity contribution in [1.29, 1.82) is 0 Å². The summed E-state index contributed by atoms with van der Waals surface area (Å²) >= 11 is 1.52. The van der Waals surface area contributed by atoms with Crippen LogP contribution in [0.2, 0.25) is 0 Å². The number of hydrogen-bond acceptors (Lipinski definition) is 5. The van der Waals surface area contributed by atoms with Crippen LogP contribution in [0.25, 0.3) is 0 Å². The van der Waals surface area contributed by atoms with Crippen LogP contribution in [0.15, 0.2) is 118 Å². The number of amides is 1. The average Bonchev–Trinajstić information content (AvgIpc) is 2.91. The number of aryl methyl sites for hydroxylation is 1. The molecule has 4 aromatic carbocycles. The minimum atomic E-state index is -4.00. The predicted octanol–water partition coefficient (Wildman–Crippen LogP) is 6.07. The number of para-hydroxylation sites is 1. The van der Waals surface area contributed by atoms with Crippen molar-refractivity contribution in [3.05, 3.63) is 114 Å². The predicted molar refractivity (Wildman–Crippen MR) is 152 cm³/mol. The molecule has 196 valence electrons. The van der Waals surface area contributed by atoms with Crippen molar-refractivity contribution in [3.8, 4) is 5.75 Å². The lowest BCUT2D eigenvalue weighted by Crippen LogP contribution is -2.45. The zero-order valence-electron chi connectivity index (χ0n) is 21.3. The Hall–Kier alpha value is -3.59. The standard InChI is InChI=1S/C30H30N2O4S2/c1-3-36-28-19-18-25(20-22(28)2)38(34,35)32-27(21-23-12-6-4-7-13-23)30(33)31-26-16-10-11-17-29(26)37-24-14-8-5-9-15-24/h4-20,27,32H,3,21H2,1-2H3,(H,31,33)/t27-/m0/s1. The fourth-order valence-corrected chi connectivity index (χ4v) is 6.10. The minimum Gasteiger partial charge on any atom is -0.494 e. The van der Waals surface area contributed by atoms with Crippen LogP contribution in [-0.4, -0.2) is 27.0 Å². The summed E-state index contributed by atoms with van der Waals surface area (Å²) < 4.78 is 34.9. The maximum atomic E-state index is 13.6. The molecule has 0 aliphatic rings. The summed E-state index contributed by atoms with van der Waals surface area (Å²) in [6.45, 7) is 4.14. The lowest BCUT2D eigenvalue weighted by atomic mass is 10.1. The smallest absolute Gasteiger partial charge is 0.242 e. The largest absolute Gasteiger partial charge is 0.494 e. The second-order valence-corrected chi connectivity index (χ2v) is 11.5. The second kappa shape index (κ2) is 12.8. The van der Waals surface area contributed by atoms with E-state index >= 15 is 0 Å². The topological polar surface area (TPSA) is 84.5 Å². The van der Waals surface area contributed by atoms with Crippen LogP contribution in [0.1, 0.15) is 18.1 Å². The lowest BCUT2D eigenvalue weighted by molar-refractivity contribution is -0.117. The number of carbonyl (C=O) groups excluding carboxylic acids is 1. The van der Waals surface area contributed by atoms with Gasteiger partial charge in [-0.15, -0.1) is 0 Å². The van der Waals surface area contributed by atoms with Crippen molar-refractivity contribution >= 4 is 33.4 Å². The van der Waals surface area contributed by atoms with E-state index in [-0.39, 0.29) is 11.3 Å². The lowest BCUT2D eigenvalue weighted by Gasteiger charge is -2.20. The molecule has 8 heteroatoms. The molecule has 0 spiro atoms. The summed E-state index contributed by atoms with van der Waals surface area (Å²) in [6.07, 6.45) is 0.190. The van der Waals surface area contributed by atoms with Crippen molar-refractivity contribution in [3.63, 3.8) is 0 Å². The summed E-state index contributed by atoms with van der Waals surface area (Å²) in [5, 5.41) is 2.96.